The van der Waals surface area contributed by atoms with E-state index in [4.69, 9.17) is 14.6 Å². The molecule has 0 amide bonds. The molecule has 1 atom stereocenters. The second-order valence-electron chi connectivity index (χ2n) is 5.12. The zero-order valence-corrected chi connectivity index (χ0v) is 12.7. The Morgan fingerprint density at radius 3 is 2.60 bits per heavy atom. The number of aliphatic carboxylic acids is 1. The van der Waals surface area contributed by atoms with E-state index in [1.165, 1.54) is 0 Å². The summed E-state index contributed by atoms with van der Waals surface area (Å²) in [5.41, 5.74) is 2.27. The number of carboxylic acids is 1. The summed E-state index contributed by atoms with van der Waals surface area (Å²) in [5, 5.41) is 9.01. The molecule has 0 bridgehead atoms. The maximum atomic E-state index is 11.0. The van der Waals surface area contributed by atoms with Crippen molar-refractivity contribution in [1.29, 1.82) is 0 Å². The van der Waals surface area contributed by atoms with Gasteiger partial charge >= 0.3 is 5.97 Å². The van der Waals surface area contributed by atoms with Crippen LogP contribution in [0.3, 0.4) is 0 Å². The molecule has 0 saturated heterocycles. The third-order valence-electron chi connectivity index (χ3n) is 3.07. The number of carbonyl (C=O) groups is 1. The average molecular weight is 280 g/mol. The minimum atomic E-state index is -0.941. The maximum Gasteiger partial charge on any atom is 0.332 e. The van der Waals surface area contributed by atoms with Crippen LogP contribution in [0.2, 0.25) is 0 Å². The summed E-state index contributed by atoms with van der Waals surface area (Å²) in [6, 6.07) is 6.11. The number of hydrogen-bond acceptors (Lipinski definition) is 3. The van der Waals surface area contributed by atoms with Crippen molar-refractivity contribution in [1.82, 2.24) is 0 Å². The first-order valence-corrected chi connectivity index (χ1v) is 7.03. The molecule has 1 N–H and O–H groups in total. The molecule has 0 radical (unpaired) electrons. The lowest BCUT2D eigenvalue weighted by Gasteiger charge is -2.17. The van der Waals surface area contributed by atoms with Crippen molar-refractivity contribution in [3.05, 3.63) is 29.3 Å². The van der Waals surface area contributed by atoms with Crippen molar-refractivity contribution in [2.45, 2.75) is 46.1 Å². The maximum absolute atomic E-state index is 11.0. The Morgan fingerprint density at radius 2 is 2.05 bits per heavy atom. The van der Waals surface area contributed by atoms with Crippen molar-refractivity contribution < 1.29 is 19.4 Å². The third-order valence-corrected chi connectivity index (χ3v) is 3.07. The number of hydrogen-bond donors (Lipinski definition) is 1. The highest BCUT2D eigenvalue weighted by atomic mass is 16.5. The SMILES string of the molecule is CCOC(CCOc1cc(C)ccc1C(C)C)C(=O)O. The minimum absolute atomic E-state index is 0.333. The van der Waals surface area contributed by atoms with Crippen LogP contribution in [-0.2, 0) is 9.53 Å². The average Bonchev–Trinajstić information content (AvgIpc) is 2.37. The quantitative estimate of drug-likeness (QED) is 0.793. The second kappa shape index (κ2) is 7.90. The van der Waals surface area contributed by atoms with Crippen LogP contribution in [0.4, 0.5) is 0 Å². The van der Waals surface area contributed by atoms with Crippen molar-refractivity contribution in [2.24, 2.45) is 0 Å². The number of aryl methyl sites for hydroxylation is 1. The number of carboxylic acid groups (broad SMARTS) is 1. The molecule has 112 valence electrons. The lowest BCUT2D eigenvalue weighted by Crippen LogP contribution is -2.26. The van der Waals surface area contributed by atoms with Crippen LogP contribution >= 0.6 is 0 Å². The van der Waals surface area contributed by atoms with Gasteiger partial charge < -0.3 is 14.6 Å². The van der Waals surface area contributed by atoms with Gasteiger partial charge in [-0.05, 0) is 37.0 Å². The summed E-state index contributed by atoms with van der Waals surface area (Å²) >= 11 is 0. The standard InChI is InChI=1S/C16H24O4/c1-5-19-14(16(17)18)8-9-20-15-10-12(4)6-7-13(15)11(2)3/h6-7,10-11,14H,5,8-9H2,1-4H3,(H,17,18). The van der Waals surface area contributed by atoms with Gasteiger partial charge in [0.15, 0.2) is 6.10 Å². The highest BCUT2D eigenvalue weighted by Gasteiger charge is 2.17. The smallest absolute Gasteiger partial charge is 0.332 e. The Hall–Kier alpha value is -1.55. The molecule has 0 fully saturated rings. The van der Waals surface area contributed by atoms with Gasteiger partial charge in [-0.3, -0.25) is 0 Å². The minimum Gasteiger partial charge on any atom is -0.493 e. The Bertz CT molecular complexity index is 440. The molecule has 20 heavy (non-hydrogen) atoms. The first-order valence-electron chi connectivity index (χ1n) is 7.03. The molecular weight excluding hydrogens is 256 g/mol. The molecule has 0 aliphatic heterocycles. The van der Waals surface area contributed by atoms with Gasteiger partial charge in [-0.15, -0.1) is 0 Å². The topological polar surface area (TPSA) is 55.8 Å². The van der Waals surface area contributed by atoms with E-state index in [0.29, 0.717) is 25.6 Å². The molecule has 0 saturated carbocycles. The molecule has 1 aromatic rings. The molecule has 0 heterocycles. The third kappa shape index (κ3) is 4.85. The normalized spacial score (nSPS) is 12.4. The summed E-state index contributed by atoms with van der Waals surface area (Å²) in [5.74, 6) is 0.261. The Morgan fingerprint density at radius 1 is 1.35 bits per heavy atom. The molecule has 0 spiro atoms. The molecule has 0 aliphatic rings. The van der Waals surface area contributed by atoms with Gasteiger partial charge in [0.25, 0.3) is 0 Å². The fourth-order valence-electron chi connectivity index (χ4n) is 2.00. The van der Waals surface area contributed by atoms with Gasteiger partial charge in [0.1, 0.15) is 5.75 Å². The predicted molar refractivity (Wildman–Crippen MR) is 78.4 cm³/mol. The first kappa shape index (κ1) is 16.5. The van der Waals surface area contributed by atoms with Crippen molar-refractivity contribution in [2.75, 3.05) is 13.2 Å². The summed E-state index contributed by atoms with van der Waals surface area (Å²) in [4.78, 5) is 11.0. The molecule has 1 aromatic carbocycles. The molecule has 4 nitrogen and oxygen atoms in total. The van der Waals surface area contributed by atoms with Gasteiger partial charge in [-0.25, -0.2) is 4.79 Å². The molecule has 4 heteroatoms. The van der Waals surface area contributed by atoms with Gasteiger partial charge in [0, 0.05) is 13.0 Å². The highest BCUT2D eigenvalue weighted by molar-refractivity contribution is 5.72. The first-order chi connectivity index (χ1) is 9.45. The van der Waals surface area contributed by atoms with Crippen LogP contribution in [0.25, 0.3) is 0 Å². The summed E-state index contributed by atoms with van der Waals surface area (Å²) in [6.45, 7) is 8.74. The molecule has 1 rings (SSSR count). The molecule has 0 aliphatic carbocycles. The van der Waals surface area contributed by atoms with E-state index in [9.17, 15) is 4.79 Å². The zero-order chi connectivity index (χ0) is 15.1. The Kier molecular flexibility index (Phi) is 6.52. The Labute approximate surface area is 120 Å². The lowest BCUT2D eigenvalue weighted by molar-refractivity contribution is -0.150. The Balaban J connectivity index is 2.65. The van der Waals surface area contributed by atoms with Crippen molar-refractivity contribution in [3.63, 3.8) is 0 Å². The summed E-state index contributed by atoms with van der Waals surface area (Å²) < 4.78 is 10.9. The van der Waals surface area contributed by atoms with E-state index >= 15 is 0 Å². The fourth-order valence-corrected chi connectivity index (χ4v) is 2.00. The van der Waals surface area contributed by atoms with E-state index in [2.05, 4.69) is 26.0 Å². The van der Waals surface area contributed by atoms with Crippen LogP contribution in [0.5, 0.6) is 5.75 Å². The van der Waals surface area contributed by atoms with Crippen LogP contribution < -0.4 is 4.74 Å². The summed E-state index contributed by atoms with van der Waals surface area (Å²) in [6.07, 6.45) is -0.457. The lowest BCUT2D eigenvalue weighted by atomic mass is 10.0. The van der Waals surface area contributed by atoms with Crippen LogP contribution in [0.1, 0.15) is 44.2 Å². The van der Waals surface area contributed by atoms with Crippen LogP contribution in [0, 0.1) is 6.92 Å². The number of ether oxygens (including phenoxy) is 2. The van der Waals surface area contributed by atoms with E-state index < -0.39 is 12.1 Å². The predicted octanol–water partition coefficient (Wildman–Crippen LogP) is 3.38. The van der Waals surface area contributed by atoms with Crippen molar-refractivity contribution in [3.8, 4) is 5.75 Å². The molecule has 0 aromatic heterocycles. The van der Waals surface area contributed by atoms with E-state index in [-0.39, 0.29) is 0 Å². The van der Waals surface area contributed by atoms with Gasteiger partial charge in [0.05, 0.1) is 6.61 Å². The van der Waals surface area contributed by atoms with Crippen LogP contribution in [0.15, 0.2) is 18.2 Å². The number of benzene rings is 1. The molecular formula is C16H24O4. The van der Waals surface area contributed by atoms with Crippen molar-refractivity contribution >= 4 is 5.97 Å². The van der Waals surface area contributed by atoms with E-state index in [1.807, 2.05) is 13.0 Å². The molecule has 1 unspecified atom stereocenters. The van der Waals surface area contributed by atoms with Gasteiger partial charge in [0.2, 0.25) is 0 Å². The summed E-state index contributed by atoms with van der Waals surface area (Å²) in [7, 11) is 0. The van der Waals surface area contributed by atoms with E-state index in [0.717, 1.165) is 16.9 Å². The van der Waals surface area contributed by atoms with Gasteiger partial charge in [-0.1, -0.05) is 26.0 Å². The van der Waals surface area contributed by atoms with Gasteiger partial charge in [-0.2, -0.15) is 0 Å². The van der Waals surface area contributed by atoms with E-state index in [1.54, 1.807) is 6.92 Å². The monoisotopic (exact) mass is 280 g/mol. The zero-order valence-electron chi connectivity index (χ0n) is 12.7. The van der Waals surface area contributed by atoms with Crippen LogP contribution in [-0.4, -0.2) is 30.4 Å². The largest absolute Gasteiger partial charge is 0.493 e. The second-order valence-corrected chi connectivity index (χ2v) is 5.12. The number of rotatable bonds is 8. The fraction of sp³-hybridized carbons (Fsp3) is 0.562. The highest BCUT2D eigenvalue weighted by Crippen LogP contribution is 2.27.